The maximum atomic E-state index is 12.1. The molecule has 0 N–H and O–H groups in total. The summed E-state index contributed by atoms with van der Waals surface area (Å²) in [6, 6.07) is 0. The van der Waals surface area contributed by atoms with Gasteiger partial charge in [-0.25, -0.2) is 0 Å². The van der Waals surface area contributed by atoms with Gasteiger partial charge in [-0.2, -0.15) is 0 Å². The molecule has 0 atom stereocenters. The Hall–Kier alpha value is -0.330. The minimum atomic E-state index is 0.120. The van der Waals surface area contributed by atoms with Crippen LogP contribution in [0.3, 0.4) is 0 Å². The Bertz CT molecular complexity index is 209. The fourth-order valence-corrected chi connectivity index (χ4v) is 2.89. The Morgan fingerprint density at radius 3 is 2.43 bits per heavy atom. The first-order valence-corrected chi connectivity index (χ1v) is 6.30. The Morgan fingerprint density at radius 1 is 1.29 bits per heavy atom. The highest BCUT2D eigenvalue weighted by molar-refractivity contribution is 5.85. The van der Waals surface area contributed by atoms with E-state index in [9.17, 15) is 4.79 Å². The van der Waals surface area contributed by atoms with Gasteiger partial charge in [0.1, 0.15) is 5.78 Å². The lowest BCUT2D eigenvalue weighted by Gasteiger charge is -2.25. The zero-order chi connectivity index (χ0) is 10.0. The number of rotatable bonds is 5. The van der Waals surface area contributed by atoms with Crippen molar-refractivity contribution in [3.8, 4) is 0 Å². The molecule has 0 saturated heterocycles. The van der Waals surface area contributed by atoms with Gasteiger partial charge in [0, 0.05) is 11.8 Å². The van der Waals surface area contributed by atoms with E-state index in [2.05, 4.69) is 6.92 Å². The Morgan fingerprint density at radius 2 is 1.93 bits per heavy atom. The molecule has 0 radical (unpaired) electrons. The van der Waals surface area contributed by atoms with E-state index < -0.39 is 0 Å². The van der Waals surface area contributed by atoms with Crippen LogP contribution in [0.1, 0.15) is 64.7 Å². The van der Waals surface area contributed by atoms with Crippen LogP contribution in [-0.4, -0.2) is 5.78 Å². The number of carbonyl (C=O) groups is 1. The molecule has 14 heavy (non-hydrogen) atoms. The quantitative estimate of drug-likeness (QED) is 0.652. The Labute approximate surface area is 87.3 Å². The summed E-state index contributed by atoms with van der Waals surface area (Å²) in [5.41, 5.74) is 0.120. The van der Waals surface area contributed by atoms with Gasteiger partial charge in [-0.1, -0.05) is 32.6 Å². The highest BCUT2D eigenvalue weighted by atomic mass is 16.1. The van der Waals surface area contributed by atoms with Gasteiger partial charge in [0.25, 0.3) is 0 Å². The Kier molecular flexibility index (Phi) is 2.94. The summed E-state index contributed by atoms with van der Waals surface area (Å²) in [6.45, 7) is 2.19. The average Bonchev–Trinajstić information content (AvgIpc) is 2.90. The second kappa shape index (κ2) is 4.04. The van der Waals surface area contributed by atoms with Gasteiger partial charge < -0.3 is 0 Å². The van der Waals surface area contributed by atoms with Gasteiger partial charge in [-0.3, -0.25) is 4.79 Å². The van der Waals surface area contributed by atoms with E-state index >= 15 is 0 Å². The fraction of sp³-hybridized carbons (Fsp3) is 0.923. The normalized spacial score (nSPS) is 25.2. The number of hydrogen-bond donors (Lipinski definition) is 0. The molecule has 2 saturated carbocycles. The van der Waals surface area contributed by atoms with Gasteiger partial charge in [0.15, 0.2) is 0 Å². The number of ketones is 1. The van der Waals surface area contributed by atoms with E-state index in [0.717, 1.165) is 18.8 Å². The third-order valence-electron chi connectivity index (χ3n) is 4.31. The molecule has 1 heteroatoms. The monoisotopic (exact) mass is 194 g/mol. The summed E-state index contributed by atoms with van der Waals surface area (Å²) in [7, 11) is 0. The number of Topliss-reactive ketones (excluding diaryl/α,β-unsaturated/α-hetero) is 1. The zero-order valence-electron chi connectivity index (χ0n) is 9.35. The molecule has 0 aromatic heterocycles. The molecule has 1 nitrogen and oxygen atoms in total. The average molecular weight is 194 g/mol. The minimum absolute atomic E-state index is 0.120. The summed E-state index contributed by atoms with van der Waals surface area (Å²) in [4.78, 5) is 12.1. The first kappa shape index (κ1) is 10.2. The van der Waals surface area contributed by atoms with E-state index in [1.807, 2.05) is 0 Å². The Balaban J connectivity index is 1.86. The van der Waals surface area contributed by atoms with Crippen molar-refractivity contribution in [2.24, 2.45) is 11.3 Å². The lowest BCUT2D eigenvalue weighted by molar-refractivity contribution is -0.128. The summed E-state index contributed by atoms with van der Waals surface area (Å²) in [5, 5.41) is 0. The van der Waals surface area contributed by atoms with Crippen LogP contribution in [0, 0.1) is 11.3 Å². The highest BCUT2D eigenvalue weighted by Crippen LogP contribution is 2.44. The largest absolute Gasteiger partial charge is 0.299 e. The molecule has 2 rings (SSSR count). The van der Waals surface area contributed by atoms with Crippen LogP contribution in [0.15, 0.2) is 0 Å². The molecular weight excluding hydrogens is 172 g/mol. The van der Waals surface area contributed by atoms with Crippen molar-refractivity contribution in [1.29, 1.82) is 0 Å². The predicted octanol–water partition coefficient (Wildman–Crippen LogP) is 3.72. The summed E-state index contributed by atoms with van der Waals surface area (Å²) in [6.07, 6.45) is 10.8. The second-order valence-electron chi connectivity index (χ2n) is 5.25. The van der Waals surface area contributed by atoms with Gasteiger partial charge in [-0.15, -0.1) is 0 Å². The molecule has 0 spiro atoms. The van der Waals surface area contributed by atoms with E-state index in [1.54, 1.807) is 0 Å². The van der Waals surface area contributed by atoms with Crippen LogP contribution in [0.25, 0.3) is 0 Å². The van der Waals surface area contributed by atoms with Crippen LogP contribution in [0.2, 0.25) is 0 Å². The fourth-order valence-electron chi connectivity index (χ4n) is 2.89. The van der Waals surface area contributed by atoms with Crippen LogP contribution in [0.4, 0.5) is 0 Å². The van der Waals surface area contributed by atoms with Crippen LogP contribution < -0.4 is 0 Å². The van der Waals surface area contributed by atoms with E-state index in [0.29, 0.717) is 5.78 Å². The first-order chi connectivity index (χ1) is 6.77. The van der Waals surface area contributed by atoms with Gasteiger partial charge in [-0.05, 0) is 31.6 Å². The molecule has 0 aromatic rings. The minimum Gasteiger partial charge on any atom is -0.299 e. The standard InChI is InChI=1S/C13H22O/c1-2-13(9-3-4-10-13)12(14)8-7-11-5-6-11/h11H,2-10H2,1H3. The molecule has 0 unspecified atom stereocenters. The topological polar surface area (TPSA) is 17.1 Å². The SMILES string of the molecule is CCC1(C(=O)CCC2CC2)CCCC1. The number of carbonyl (C=O) groups excluding carboxylic acids is 1. The van der Waals surface area contributed by atoms with E-state index in [1.165, 1.54) is 44.9 Å². The van der Waals surface area contributed by atoms with Crippen LogP contribution in [0.5, 0.6) is 0 Å². The smallest absolute Gasteiger partial charge is 0.139 e. The van der Waals surface area contributed by atoms with E-state index in [4.69, 9.17) is 0 Å². The van der Waals surface area contributed by atoms with Crippen molar-refractivity contribution in [3.63, 3.8) is 0 Å². The predicted molar refractivity (Wildman–Crippen MR) is 58.2 cm³/mol. The summed E-state index contributed by atoms with van der Waals surface area (Å²) >= 11 is 0. The third-order valence-corrected chi connectivity index (χ3v) is 4.31. The molecular formula is C13H22O. The maximum absolute atomic E-state index is 12.1. The van der Waals surface area contributed by atoms with Gasteiger partial charge in [0.05, 0.1) is 0 Å². The van der Waals surface area contributed by atoms with Crippen molar-refractivity contribution in [3.05, 3.63) is 0 Å². The van der Waals surface area contributed by atoms with Crippen LogP contribution in [-0.2, 0) is 4.79 Å². The van der Waals surface area contributed by atoms with Gasteiger partial charge in [0.2, 0.25) is 0 Å². The second-order valence-corrected chi connectivity index (χ2v) is 5.25. The van der Waals surface area contributed by atoms with Gasteiger partial charge >= 0.3 is 0 Å². The molecule has 80 valence electrons. The molecule has 2 aliphatic carbocycles. The molecule has 2 fully saturated rings. The van der Waals surface area contributed by atoms with Crippen molar-refractivity contribution in [2.75, 3.05) is 0 Å². The maximum Gasteiger partial charge on any atom is 0.139 e. The van der Waals surface area contributed by atoms with Crippen LogP contribution >= 0.6 is 0 Å². The molecule has 2 aliphatic rings. The molecule has 0 aliphatic heterocycles. The van der Waals surface area contributed by atoms with Crippen molar-refractivity contribution < 1.29 is 4.79 Å². The zero-order valence-corrected chi connectivity index (χ0v) is 9.35. The van der Waals surface area contributed by atoms with Crippen molar-refractivity contribution in [2.45, 2.75) is 64.7 Å². The summed E-state index contributed by atoms with van der Waals surface area (Å²) in [5.74, 6) is 1.50. The lowest BCUT2D eigenvalue weighted by Crippen LogP contribution is -2.27. The van der Waals surface area contributed by atoms with Crippen molar-refractivity contribution >= 4 is 5.78 Å². The molecule has 0 bridgehead atoms. The molecule has 0 heterocycles. The third kappa shape index (κ3) is 2.02. The number of hydrogen-bond acceptors (Lipinski definition) is 1. The first-order valence-electron chi connectivity index (χ1n) is 6.30. The van der Waals surface area contributed by atoms with Crippen molar-refractivity contribution in [1.82, 2.24) is 0 Å². The highest BCUT2D eigenvalue weighted by Gasteiger charge is 2.38. The molecule has 0 amide bonds. The summed E-state index contributed by atoms with van der Waals surface area (Å²) < 4.78 is 0. The lowest BCUT2D eigenvalue weighted by atomic mass is 9.77. The molecule has 0 aromatic carbocycles. The van der Waals surface area contributed by atoms with E-state index in [-0.39, 0.29) is 5.41 Å².